The van der Waals surface area contributed by atoms with Gasteiger partial charge < -0.3 is 10.1 Å². The minimum Gasteiger partial charge on any atom is -0.501 e. The highest BCUT2D eigenvalue weighted by Gasteiger charge is 2.18. The van der Waals surface area contributed by atoms with Crippen LogP contribution in [0.3, 0.4) is 0 Å². The predicted molar refractivity (Wildman–Crippen MR) is 71.6 cm³/mol. The van der Waals surface area contributed by atoms with Crippen molar-refractivity contribution >= 4 is 15.9 Å². The van der Waals surface area contributed by atoms with Crippen LogP contribution >= 0.6 is 15.9 Å². The Labute approximate surface area is 110 Å². The van der Waals surface area contributed by atoms with Crippen molar-refractivity contribution in [1.29, 1.82) is 0 Å². The molecule has 1 aliphatic heterocycles. The summed E-state index contributed by atoms with van der Waals surface area (Å²) >= 11 is 3.46. The Morgan fingerprint density at radius 1 is 1.53 bits per heavy atom. The van der Waals surface area contributed by atoms with E-state index in [1.165, 1.54) is 11.1 Å². The Balaban J connectivity index is 2.24. The molecule has 92 valence electrons. The van der Waals surface area contributed by atoms with Crippen LogP contribution in [0.1, 0.15) is 31.4 Å². The van der Waals surface area contributed by atoms with Gasteiger partial charge in [0.25, 0.3) is 0 Å². The van der Waals surface area contributed by atoms with Crippen LogP contribution in [0.15, 0.2) is 34.8 Å². The average molecular weight is 297 g/mol. The minimum atomic E-state index is 0.213. The molecule has 0 spiro atoms. The van der Waals surface area contributed by atoms with E-state index in [9.17, 15) is 0 Å². The summed E-state index contributed by atoms with van der Waals surface area (Å²) < 4.78 is 6.44. The van der Waals surface area contributed by atoms with Gasteiger partial charge in [0, 0.05) is 16.9 Å². The van der Waals surface area contributed by atoms with Crippen LogP contribution in [0.4, 0.5) is 0 Å². The first-order chi connectivity index (χ1) is 8.31. The third-order valence-electron chi connectivity index (χ3n) is 2.80. The number of rotatable bonds is 4. The Bertz CT molecular complexity index is 406. The van der Waals surface area contributed by atoms with Gasteiger partial charge in [-0.2, -0.15) is 0 Å². The number of likely N-dealkylation sites (N-methyl/N-ethyl adjacent to an activating group) is 1. The fourth-order valence-electron chi connectivity index (χ4n) is 2.05. The molecule has 0 amide bonds. The second-order valence-electron chi connectivity index (χ2n) is 4.09. The zero-order valence-electron chi connectivity index (χ0n) is 9.95. The SMILES string of the molecule is CCNC(C1=COCCC1)c1cncc(Br)c1. The number of nitrogens with one attached hydrogen (secondary N) is 1. The number of hydrogen-bond acceptors (Lipinski definition) is 3. The second-order valence-corrected chi connectivity index (χ2v) is 5.01. The highest BCUT2D eigenvalue weighted by molar-refractivity contribution is 9.10. The van der Waals surface area contributed by atoms with E-state index in [1.807, 2.05) is 12.5 Å². The maximum atomic E-state index is 5.43. The van der Waals surface area contributed by atoms with E-state index in [1.54, 1.807) is 6.20 Å². The lowest BCUT2D eigenvalue weighted by molar-refractivity contribution is 0.219. The summed E-state index contributed by atoms with van der Waals surface area (Å²) in [5, 5.41) is 3.49. The molecule has 1 atom stereocenters. The van der Waals surface area contributed by atoms with Crippen molar-refractivity contribution in [2.24, 2.45) is 0 Å². The highest BCUT2D eigenvalue weighted by atomic mass is 79.9. The average Bonchev–Trinajstić information content (AvgIpc) is 2.37. The molecule has 0 aromatic carbocycles. The fraction of sp³-hybridized carbons (Fsp3) is 0.462. The summed E-state index contributed by atoms with van der Waals surface area (Å²) in [5.74, 6) is 0. The molecule has 0 saturated carbocycles. The topological polar surface area (TPSA) is 34.1 Å². The van der Waals surface area contributed by atoms with Crippen LogP contribution < -0.4 is 5.32 Å². The van der Waals surface area contributed by atoms with Crippen LogP contribution in [-0.4, -0.2) is 18.1 Å². The van der Waals surface area contributed by atoms with E-state index in [4.69, 9.17) is 4.74 Å². The van der Waals surface area contributed by atoms with Crippen LogP contribution in [-0.2, 0) is 4.74 Å². The van der Waals surface area contributed by atoms with E-state index >= 15 is 0 Å². The number of hydrogen-bond donors (Lipinski definition) is 1. The summed E-state index contributed by atoms with van der Waals surface area (Å²) in [6, 6.07) is 2.32. The van der Waals surface area contributed by atoms with E-state index in [0.717, 1.165) is 30.5 Å². The predicted octanol–water partition coefficient (Wildman–Crippen LogP) is 3.19. The second kappa shape index (κ2) is 6.17. The van der Waals surface area contributed by atoms with E-state index in [2.05, 4.69) is 39.2 Å². The third kappa shape index (κ3) is 3.30. The minimum absolute atomic E-state index is 0.213. The van der Waals surface area contributed by atoms with Crippen molar-refractivity contribution < 1.29 is 4.74 Å². The number of ether oxygens (including phenoxy) is 1. The molecule has 0 bridgehead atoms. The number of pyridine rings is 1. The number of halogens is 1. The van der Waals surface area contributed by atoms with Gasteiger partial charge in [0.15, 0.2) is 0 Å². The van der Waals surface area contributed by atoms with Crippen molar-refractivity contribution in [1.82, 2.24) is 10.3 Å². The summed E-state index contributed by atoms with van der Waals surface area (Å²) in [7, 11) is 0. The molecule has 1 aromatic rings. The molecule has 0 aliphatic carbocycles. The first-order valence-corrected chi connectivity index (χ1v) is 6.75. The molecular formula is C13H17BrN2O. The number of aromatic nitrogens is 1. The van der Waals surface area contributed by atoms with Gasteiger partial charge in [-0.1, -0.05) is 6.92 Å². The molecule has 1 N–H and O–H groups in total. The van der Waals surface area contributed by atoms with Gasteiger partial charge in [0.1, 0.15) is 0 Å². The molecule has 2 heterocycles. The van der Waals surface area contributed by atoms with Crippen LogP contribution in [0, 0.1) is 0 Å². The quantitative estimate of drug-likeness (QED) is 0.926. The van der Waals surface area contributed by atoms with Gasteiger partial charge in [0.2, 0.25) is 0 Å². The summed E-state index contributed by atoms with van der Waals surface area (Å²) in [6.45, 7) is 3.87. The first kappa shape index (κ1) is 12.6. The lowest BCUT2D eigenvalue weighted by atomic mass is 9.96. The molecule has 0 fully saturated rings. The zero-order valence-corrected chi connectivity index (χ0v) is 11.5. The van der Waals surface area contributed by atoms with Gasteiger partial charge in [-0.25, -0.2) is 0 Å². The molecule has 4 heteroatoms. The largest absolute Gasteiger partial charge is 0.501 e. The first-order valence-electron chi connectivity index (χ1n) is 5.95. The Morgan fingerprint density at radius 2 is 2.41 bits per heavy atom. The van der Waals surface area contributed by atoms with Gasteiger partial charge in [-0.05, 0) is 52.5 Å². The monoisotopic (exact) mass is 296 g/mol. The fourth-order valence-corrected chi connectivity index (χ4v) is 2.43. The van der Waals surface area contributed by atoms with Crippen LogP contribution in [0.25, 0.3) is 0 Å². The van der Waals surface area contributed by atoms with Crippen molar-refractivity contribution in [2.45, 2.75) is 25.8 Å². The molecule has 0 saturated heterocycles. The maximum Gasteiger partial charge on any atom is 0.0876 e. The Kier molecular flexibility index (Phi) is 4.57. The van der Waals surface area contributed by atoms with E-state index < -0.39 is 0 Å². The Morgan fingerprint density at radius 3 is 3.06 bits per heavy atom. The maximum absolute atomic E-state index is 5.43. The normalized spacial score (nSPS) is 17.2. The van der Waals surface area contributed by atoms with Crippen molar-refractivity contribution in [3.63, 3.8) is 0 Å². The van der Waals surface area contributed by atoms with E-state index in [0.29, 0.717) is 0 Å². The smallest absolute Gasteiger partial charge is 0.0876 e. The van der Waals surface area contributed by atoms with Crippen molar-refractivity contribution in [3.8, 4) is 0 Å². The van der Waals surface area contributed by atoms with E-state index in [-0.39, 0.29) is 6.04 Å². The molecule has 1 unspecified atom stereocenters. The van der Waals surface area contributed by atoms with Crippen LogP contribution in [0.5, 0.6) is 0 Å². The Hall–Kier alpha value is -0.870. The van der Waals surface area contributed by atoms with Gasteiger partial charge in [-0.15, -0.1) is 0 Å². The van der Waals surface area contributed by atoms with Crippen molar-refractivity contribution in [2.75, 3.05) is 13.2 Å². The lowest BCUT2D eigenvalue weighted by Crippen LogP contribution is -2.24. The van der Waals surface area contributed by atoms with Gasteiger partial charge >= 0.3 is 0 Å². The zero-order chi connectivity index (χ0) is 12.1. The molecule has 2 rings (SSSR count). The standard InChI is InChI=1S/C13H17BrN2O/c1-2-16-13(10-4-3-5-17-9-10)11-6-12(14)8-15-7-11/h6-9,13,16H,2-5H2,1H3. The van der Waals surface area contributed by atoms with Crippen LogP contribution in [0.2, 0.25) is 0 Å². The summed E-state index contributed by atoms with van der Waals surface area (Å²) in [5.41, 5.74) is 2.48. The molecule has 1 aliphatic rings. The van der Waals surface area contributed by atoms with Gasteiger partial charge in [0.05, 0.1) is 18.9 Å². The third-order valence-corrected chi connectivity index (χ3v) is 3.23. The molecule has 3 nitrogen and oxygen atoms in total. The summed E-state index contributed by atoms with van der Waals surface area (Å²) in [4.78, 5) is 4.23. The highest BCUT2D eigenvalue weighted by Crippen LogP contribution is 2.28. The molecule has 0 radical (unpaired) electrons. The number of nitrogens with zero attached hydrogens (tertiary/aromatic N) is 1. The molecule has 1 aromatic heterocycles. The molecular weight excluding hydrogens is 280 g/mol. The van der Waals surface area contributed by atoms with Gasteiger partial charge in [-0.3, -0.25) is 4.98 Å². The summed E-state index contributed by atoms with van der Waals surface area (Å²) in [6.07, 6.45) is 7.79. The van der Waals surface area contributed by atoms with Crippen molar-refractivity contribution in [3.05, 3.63) is 40.3 Å². The lowest BCUT2D eigenvalue weighted by Gasteiger charge is -2.24. The molecule has 17 heavy (non-hydrogen) atoms.